The van der Waals surface area contributed by atoms with Gasteiger partial charge in [0, 0.05) is 37.8 Å². The summed E-state index contributed by atoms with van der Waals surface area (Å²) in [6.45, 7) is 5.10. The van der Waals surface area contributed by atoms with Gasteiger partial charge in [-0.3, -0.25) is 4.90 Å². The molecule has 1 aromatic heterocycles. The summed E-state index contributed by atoms with van der Waals surface area (Å²) in [5.41, 5.74) is 0.657. The first-order valence-corrected chi connectivity index (χ1v) is 9.00. The molecule has 0 spiro atoms. The normalized spacial score (nSPS) is 22.3. The van der Waals surface area contributed by atoms with Crippen molar-refractivity contribution in [1.29, 1.82) is 0 Å². The molecule has 2 aliphatic rings. The second-order valence-corrected chi connectivity index (χ2v) is 7.06. The molecule has 1 aliphatic heterocycles. The highest BCUT2D eigenvalue weighted by Gasteiger charge is 2.34. The number of nitrogens with zero attached hydrogens (tertiary/aromatic N) is 2. The molecule has 4 rings (SSSR count). The Balaban J connectivity index is 0.00000131. The molecule has 10 heteroatoms. The monoisotopic (exact) mass is 436 g/mol. The van der Waals surface area contributed by atoms with Crippen LogP contribution >= 0.6 is 36.4 Å². The first-order valence-electron chi connectivity index (χ1n) is 8.62. The molecule has 2 aromatic rings. The van der Waals surface area contributed by atoms with Gasteiger partial charge in [0.2, 0.25) is 5.89 Å². The van der Waals surface area contributed by atoms with E-state index >= 15 is 0 Å². The Labute approximate surface area is 174 Å². The summed E-state index contributed by atoms with van der Waals surface area (Å²) in [4.78, 5) is 13.7. The number of ether oxygens (including phenoxy) is 1. The fraction of sp³-hybridized carbons (Fsp3) is 0.529. The fourth-order valence-corrected chi connectivity index (χ4v) is 3.66. The summed E-state index contributed by atoms with van der Waals surface area (Å²) in [7, 11) is 0. The average Bonchev–Trinajstić information content (AvgIpc) is 3.02. The second-order valence-electron chi connectivity index (χ2n) is 6.65. The standard InChI is InChI=1S/C17H21ClN4O3.2ClH/c18-14-2-1-12(16-20-21-17(23)25-16)9-15(14)24-10-11-7-13(8-11)22-5-3-19-4-6-22;;/h1-2,9,11,13,19H,3-8,10H2,(H,21,23);2*1H. The van der Waals surface area contributed by atoms with E-state index in [4.69, 9.17) is 20.8 Å². The van der Waals surface area contributed by atoms with Crippen molar-refractivity contribution in [1.82, 2.24) is 20.4 Å². The molecule has 0 atom stereocenters. The highest BCUT2D eigenvalue weighted by Crippen LogP contribution is 2.34. The van der Waals surface area contributed by atoms with Gasteiger partial charge in [0.15, 0.2) is 0 Å². The second kappa shape index (κ2) is 9.80. The molecule has 150 valence electrons. The van der Waals surface area contributed by atoms with Gasteiger partial charge < -0.3 is 14.5 Å². The zero-order valence-electron chi connectivity index (χ0n) is 14.7. The van der Waals surface area contributed by atoms with E-state index in [2.05, 4.69) is 20.4 Å². The molecular weight excluding hydrogens is 415 g/mol. The molecule has 1 aliphatic carbocycles. The Kier molecular flexibility index (Phi) is 8.00. The number of hydrogen-bond acceptors (Lipinski definition) is 6. The summed E-state index contributed by atoms with van der Waals surface area (Å²) < 4.78 is 10.9. The molecule has 2 N–H and O–H groups in total. The summed E-state index contributed by atoms with van der Waals surface area (Å²) in [6.07, 6.45) is 2.34. The van der Waals surface area contributed by atoms with Gasteiger partial charge in [-0.2, -0.15) is 0 Å². The maximum absolute atomic E-state index is 11.1. The van der Waals surface area contributed by atoms with Gasteiger partial charge in [-0.1, -0.05) is 11.6 Å². The summed E-state index contributed by atoms with van der Waals surface area (Å²) in [5, 5.41) is 10.0. The van der Waals surface area contributed by atoms with Crippen LogP contribution in [0, 0.1) is 5.92 Å². The highest BCUT2D eigenvalue weighted by atomic mass is 35.5. The van der Waals surface area contributed by atoms with Crippen molar-refractivity contribution >= 4 is 36.4 Å². The number of piperazine rings is 1. The third-order valence-corrected chi connectivity index (χ3v) is 5.28. The van der Waals surface area contributed by atoms with Gasteiger partial charge in [-0.05, 0) is 37.0 Å². The molecule has 1 saturated heterocycles. The van der Waals surface area contributed by atoms with E-state index in [9.17, 15) is 4.79 Å². The SMILES string of the molecule is Cl.Cl.O=c1[nH]nc(-c2ccc(Cl)c(OCC3CC(N4CCNCC4)C3)c2)o1. The van der Waals surface area contributed by atoms with E-state index in [1.165, 1.54) is 12.8 Å². The molecule has 2 heterocycles. The largest absolute Gasteiger partial charge is 0.492 e. The smallest absolute Gasteiger partial charge is 0.434 e. The Morgan fingerprint density at radius 3 is 2.67 bits per heavy atom. The van der Waals surface area contributed by atoms with Crippen LogP contribution in [0.5, 0.6) is 5.75 Å². The Hall–Kier alpha value is -1.25. The molecule has 0 unspecified atom stereocenters. The predicted molar refractivity (Wildman–Crippen MR) is 109 cm³/mol. The van der Waals surface area contributed by atoms with Gasteiger partial charge in [-0.15, -0.1) is 29.9 Å². The molecule has 0 radical (unpaired) electrons. The molecular formula is C17H23Cl3N4O3. The number of H-pyrrole nitrogens is 1. The predicted octanol–water partition coefficient (Wildman–Crippen LogP) is 2.59. The van der Waals surface area contributed by atoms with E-state index in [0.717, 1.165) is 26.2 Å². The summed E-state index contributed by atoms with van der Waals surface area (Å²) in [5.74, 6) is 0.799. The third kappa shape index (κ3) is 5.18. The van der Waals surface area contributed by atoms with Crippen molar-refractivity contribution in [2.45, 2.75) is 18.9 Å². The zero-order chi connectivity index (χ0) is 17.2. The minimum atomic E-state index is -0.583. The molecule has 7 nitrogen and oxygen atoms in total. The van der Waals surface area contributed by atoms with Crippen LogP contribution in [0.15, 0.2) is 27.4 Å². The van der Waals surface area contributed by atoms with Crippen LogP contribution in [0.2, 0.25) is 5.02 Å². The third-order valence-electron chi connectivity index (χ3n) is 4.97. The zero-order valence-corrected chi connectivity index (χ0v) is 17.0. The molecule has 27 heavy (non-hydrogen) atoms. The van der Waals surface area contributed by atoms with E-state index in [1.54, 1.807) is 18.2 Å². The van der Waals surface area contributed by atoms with Gasteiger partial charge in [0.1, 0.15) is 5.75 Å². The van der Waals surface area contributed by atoms with Crippen molar-refractivity contribution in [3.8, 4) is 17.2 Å². The number of hydrogen-bond donors (Lipinski definition) is 2. The highest BCUT2D eigenvalue weighted by molar-refractivity contribution is 6.32. The maximum atomic E-state index is 11.1. The van der Waals surface area contributed by atoms with Crippen LogP contribution in [0.4, 0.5) is 0 Å². The molecule has 1 aromatic carbocycles. The average molecular weight is 438 g/mol. The lowest BCUT2D eigenvalue weighted by atomic mass is 9.79. The first kappa shape index (κ1) is 22.0. The van der Waals surface area contributed by atoms with Crippen LogP contribution in [0.3, 0.4) is 0 Å². The van der Waals surface area contributed by atoms with Crippen LogP contribution in [0.25, 0.3) is 11.5 Å². The molecule has 1 saturated carbocycles. The van der Waals surface area contributed by atoms with Crippen molar-refractivity contribution < 1.29 is 9.15 Å². The molecule has 0 amide bonds. The summed E-state index contributed by atoms with van der Waals surface area (Å²) >= 11 is 6.22. The van der Waals surface area contributed by atoms with Gasteiger partial charge >= 0.3 is 5.76 Å². The fourth-order valence-electron chi connectivity index (χ4n) is 3.49. The van der Waals surface area contributed by atoms with E-state index < -0.39 is 5.76 Å². The van der Waals surface area contributed by atoms with Crippen molar-refractivity contribution in [2.75, 3.05) is 32.8 Å². The van der Waals surface area contributed by atoms with E-state index in [1.807, 2.05) is 0 Å². The topological polar surface area (TPSA) is 83.4 Å². The number of benzene rings is 1. The molecule has 0 bridgehead atoms. The van der Waals surface area contributed by atoms with Gasteiger partial charge in [-0.25, -0.2) is 9.89 Å². The van der Waals surface area contributed by atoms with Gasteiger partial charge in [0.05, 0.1) is 11.6 Å². The van der Waals surface area contributed by atoms with Crippen LogP contribution in [-0.2, 0) is 0 Å². The lowest BCUT2D eigenvalue weighted by Gasteiger charge is -2.44. The van der Waals surface area contributed by atoms with E-state index in [-0.39, 0.29) is 30.7 Å². The van der Waals surface area contributed by atoms with Crippen molar-refractivity contribution in [2.24, 2.45) is 5.92 Å². The number of rotatable bonds is 5. The Bertz CT molecular complexity index is 786. The summed E-state index contributed by atoms with van der Waals surface area (Å²) in [6, 6.07) is 5.92. The quantitative estimate of drug-likeness (QED) is 0.748. The first-order chi connectivity index (χ1) is 12.2. The van der Waals surface area contributed by atoms with Crippen molar-refractivity contribution in [3.05, 3.63) is 33.8 Å². The lowest BCUT2D eigenvalue weighted by Crippen LogP contribution is -2.53. The van der Waals surface area contributed by atoms with Crippen LogP contribution in [0.1, 0.15) is 12.8 Å². The van der Waals surface area contributed by atoms with Crippen LogP contribution < -0.4 is 15.8 Å². The number of aromatic nitrogens is 2. The minimum absolute atomic E-state index is 0. The maximum Gasteiger partial charge on any atom is 0.434 e. The van der Waals surface area contributed by atoms with E-state index in [0.29, 0.717) is 34.9 Å². The molecule has 2 fully saturated rings. The number of nitrogens with one attached hydrogen (secondary N) is 2. The Morgan fingerprint density at radius 2 is 2.00 bits per heavy atom. The lowest BCUT2D eigenvalue weighted by molar-refractivity contribution is 0.0442. The van der Waals surface area contributed by atoms with Gasteiger partial charge in [0.25, 0.3) is 0 Å². The Morgan fingerprint density at radius 1 is 1.26 bits per heavy atom. The van der Waals surface area contributed by atoms with Crippen LogP contribution in [-0.4, -0.2) is 53.9 Å². The van der Waals surface area contributed by atoms with Crippen molar-refractivity contribution in [3.63, 3.8) is 0 Å². The number of halogens is 3. The minimum Gasteiger partial charge on any atom is -0.492 e. The number of aromatic amines is 1.